The Bertz CT molecular complexity index is 1070. The summed E-state index contributed by atoms with van der Waals surface area (Å²) < 4.78 is 81.0. The smallest absolute Gasteiger partial charge is 0.382 e. The first-order chi connectivity index (χ1) is 15.8. The standard InChI is InChI=1S/C20H22F6N6O2/c1-8(2)16-27-10(19(21,22)23)7-11(28-16)32-5-3-9(4-6-32)14-12-13(20(24,25)26)15(33)18(34)29-17(12)31-30-14/h7-9,13,15,33H,3-6H2,1-2H3,(H2,29,30,31,34). The monoisotopic (exact) mass is 492 g/mol. The van der Waals surface area contributed by atoms with Crippen LogP contribution in [0.2, 0.25) is 0 Å². The Morgan fingerprint density at radius 2 is 1.76 bits per heavy atom. The van der Waals surface area contributed by atoms with Crippen LogP contribution < -0.4 is 10.2 Å². The summed E-state index contributed by atoms with van der Waals surface area (Å²) in [4.78, 5) is 21.3. The molecule has 8 nitrogen and oxygen atoms in total. The molecule has 14 heteroatoms. The number of aromatic amines is 1. The van der Waals surface area contributed by atoms with Crippen LogP contribution in [-0.2, 0) is 11.0 Å². The van der Waals surface area contributed by atoms with Crippen LogP contribution in [0.1, 0.15) is 67.2 Å². The van der Waals surface area contributed by atoms with Gasteiger partial charge in [0, 0.05) is 36.6 Å². The Morgan fingerprint density at radius 3 is 2.32 bits per heavy atom. The van der Waals surface area contributed by atoms with E-state index in [2.05, 4.69) is 25.5 Å². The van der Waals surface area contributed by atoms with Gasteiger partial charge in [-0.3, -0.25) is 9.89 Å². The molecule has 0 saturated carbocycles. The molecule has 2 aliphatic rings. The number of rotatable bonds is 3. The molecule has 3 N–H and O–H groups in total. The third-order valence-electron chi connectivity index (χ3n) is 6.07. The van der Waals surface area contributed by atoms with Crippen LogP contribution in [-0.4, -0.2) is 56.5 Å². The van der Waals surface area contributed by atoms with E-state index in [4.69, 9.17) is 0 Å². The Balaban J connectivity index is 1.59. The third kappa shape index (κ3) is 4.42. The molecule has 1 fully saturated rings. The molecule has 2 aliphatic heterocycles. The summed E-state index contributed by atoms with van der Waals surface area (Å²) in [6.07, 6.45) is -11.3. The van der Waals surface area contributed by atoms with Gasteiger partial charge < -0.3 is 15.3 Å². The molecular weight excluding hydrogens is 470 g/mol. The predicted molar refractivity (Wildman–Crippen MR) is 107 cm³/mol. The summed E-state index contributed by atoms with van der Waals surface area (Å²) in [6, 6.07) is 0.869. The van der Waals surface area contributed by atoms with Gasteiger partial charge in [-0.25, -0.2) is 9.97 Å². The molecule has 0 spiro atoms. The van der Waals surface area contributed by atoms with Gasteiger partial charge in [0.2, 0.25) is 0 Å². The van der Waals surface area contributed by atoms with Crippen LogP contribution >= 0.6 is 0 Å². The molecule has 2 aromatic heterocycles. The minimum absolute atomic E-state index is 0.0473. The number of alkyl halides is 6. The van der Waals surface area contributed by atoms with Gasteiger partial charge in [-0.1, -0.05) is 13.8 Å². The molecular formula is C20H22F6N6O2. The zero-order chi connectivity index (χ0) is 25.0. The van der Waals surface area contributed by atoms with E-state index in [9.17, 15) is 36.2 Å². The highest BCUT2D eigenvalue weighted by Crippen LogP contribution is 2.47. The molecule has 0 bridgehead atoms. The summed E-state index contributed by atoms with van der Waals surface area (Å²) in [5, 5.41) is 18.5. The van der Waals surface area contributed by atoms with E-state index < -0.39 is 41.9 Å². The molecule has 1 saturated heterocycles. The van der Waals surface area contributed by atoms with Gasteiger partial charge in [0.25, 0.3) is 5.91 Å². The Kier molecular flexibility index (Phi) is 5.98. The van der Waals surface area contributed by atoms with Gasteiger partial charge in [-0.15, -0.1) is 0 Å². The second-order valence-corrected chi connectivity index (χ2v) is 8.73. The van der Waals surface area contributed by atoms with Crippen LogP contribution in [0.5, 0.6) is 0 Å². The summed E-state index contributed by atoms with van der Waals surface area (Å²) in [6.45, 7) is 3.81. The first-order valence-electron chi connectivity index (χ1n) is 10.6. The Hall–Kier alpha value is -2.90. The van der Waals surface area contributed by atoms with Crippen molar-refractivity contribution in [1.82, 2.24) is 20.2 Å². The number of amides is 1. The number of aliphatic hydroxyl groups excluding tert-OH is 1. The number of piperidine rings is 1. The molecule has 1 amide bonds. The van der Waals surface area contributed by atoms with E-state index >= 15 is 0 Å². The van der Waals surface area contributed by atoms with Crippen molar-refractivity contribution in [1.29, 1.82) is 0 Å². The van der Waals surface area contributed by atoms with E-state index in [1.165, 1.54) is 0 Å². The number of H-pyrrole nitrogens is 1. The second-order valence-electron chi connectivity index (χ2n) is 8.73. The van der Waals surface area contributed by atoms with Crippen molar-refractivity contribution in [2.75, 3.05) is 23.3 Å². The van der Waals surface area contributed by atoms with Gasteiger partial charge in [0.15, 0.2) is 0 Å². The topological polar surface area (TPSA) is 107 Å². The first-order valence-corrected chi connectivity index (χ1v) is 10.6. The predicted octanol–water partition coefficient (Wildman–Crippen LogP) is 3.68. The number of fused-ring (bicyclic) bond motifs is 1. The molecule has 186 valence electrons. The second kappa shape index (κ2) is 8.40. The molecule has 0 aromatic carbocycles. The van der Waals surface area contributed by atoms with Crippen molar-refractivity contribution in [2.24, 2.45) is 0 Å². The summed E-state index contributed by atoms with van der Waals surface area (Å²) in [5.41, 5.74) is -1.28. The molecule has 2 aromatic rings. The van der Waals surface area contributed by atoms with E-state index in [-0.39, 0.29) is 60.6 Å². The number of hydrogen-bond donors (Lipinski definition) is 3. The zero-order valence-corrected chi connectivity index (χ0v) is 18.1. The minimum Gasteiger partial charge on any atom is -0.382 e. The number of carbonyl (C=O) groups is 1. The highest BCUT2D eigenvalue weighted by atomic mass is 19.4. The van der Waals surface area contributed by atoms with Crippen LogP contribution in [0.25, 0.3) is 0 Å². The maximum atomic E-state index is 13.7. The molecule has 2 atom stereocenters. The Labute approximate surface area is 189 Å². The van der Waals surface area contributed by atoms with Gasteiger partial charge in [-0.05, 0) is 12.8 Å². The van der Waals surface area contributed by atoms with Crippen molar-refractivity contribution in [3.63, 3.8) is 0 Å². The fourth-order valence-corrected chi connectivity index (χ4v) is 4.34. The van der Waals surface area contributed by atoms with Crippen LogP contribution in [0, 0.1) is 0 Å². The maximum Gasteiger partial charge on any atom is 0.433 e. The van der Waals surface area contributed by atoms with Crippen molar-refractivity contribution < 1.29 is 36.2 Å². The van der Waals surface area contributed by atoms with Gasteiger partial charge in [0.1, 0.15) is 35.2 Å². The Morgan fingerprint density at radius 1 is 1.12 bits per heavy atom. The van der Waals surface area contributed by atoms with Crippen LogP contribution in [0.15, 0.2) is 6.07 Å². The van der Waals surface area contributed by atoms with Crippen molar-refractivity contribution in [3.05, 3.63) is 28.8 Å². The molecule has 0 radical (unpaired) electrons. The van der Waals surface area contributed by atoms with Gasteiger partial charge in [-0.2, -0.15) is 31.4 Å². The third-order valence-corrected chi connectivity index (χ3v) is 6.07. The number of anilines is 2. The number of aromatic nitrogens is 4. The molecule has 34 heavy (non-hydrogen) atoms. The number of aliphatic hydroxyl groups is 1. The van der Waals surface area contributed by atoms with Crippen LogP contribution in [0.4, 0.5) is 38.0 Å². The van der Waals surface area contributed by atoms with E-state index in [1.807, 2.05) is 0 Å². The highest BCUT2D eigenvalue weighted by Gasteiger charge is 2.53. The summed E-state index contributed by atoms with van der Waals surface area (Å²) in [7, 11) is 0. The molecule has 4 rings (SSSR count). The molecule has 4 heterocycles. The molecule has 0 aliphatic carbocycles. The van der Waals surface area contributed by atoms with Crippen molar-refractivity contribution in [2.45, 2.75) is 62.9 Å². The summed E-state index contributed by atoms with van der Waals surface area (Å²) >= 11 is 0. The molecule has 2 unspecified atom stereocenters. The maximum absolute atomic E-state index is 13.7. The zero-order valence-electron chi connectivity index (χ0n) is 18.1. The summed E-state index contributed by atoms with van der Waals surface area (Å²) in [5.74, 6) is -4.46. The lowest BCUT2D eigenvalue weighted by atomic mass is 9.83. The van der Waals surface area contributed by atoms with Crippen molar-refractivity contribution >= 4 is 17.5 Å². The number of carbonyl (C=O) groups excluding carboxylic acids is 1. The average molecular weight is 492 g/mol. The number of hydrogen-bond acceptors (Lipinski definition) is 6. The fourth-order valence-electron chi connectivity index (χ4n) is 4.34. The first kappa shape index (κ1) is 24.2. The quantitative estimate of drug-likeness (QED) is 0.565. The number of halogens is 6. The lowest BCUT2D eigenvalue weighted by Gasteiger charge is -2.35. The minimum atomic E-state index is -4.88. The lowest BCUT2D eigenvalue weighted by molar-refractivity contribution is -0.177. The van der Waals surface area contributed by atoms with E-state index in [0.29, 0.717) is 0 Å². The van der Waals surface area contributed by atoms with Crippen molar-refractivity contribution in [3.8, 4) is 0 Å². The number of nitrogens with zero attached hydrogens (tertiary/aromatic N) is 4. The normalized spacial score (nSPS) is 22.2. The van der Waals surface area contributed by atoms with E-state index in [0.717, 1.165) is 6.07 Å². The van der Waals surface area contributed by atoms with Gasteiger partial charge in [0.05, 0.1) is 5.69 Å². The highest BCUT2D eigenvalue weighted by molar-refractivity contribution is 5.97. The lowest BCUT2D eigenvalue weighted by Crippen LogP contribution is -2.44. The largest absolute Gasteiger partial charge is 0.433 e. The fraction of sp³-hybridized carbons (Fsp3) is 0.600. The SMILES string of the molecule is CC(C)c1nc(N2CCC(c3n[nH]c4c3C(C(F)(F)F)C(O)C(=O)N4)CC2)cc(C(F)(F)F)n1. The average Bonchev–Trinajstić information content (AvgIpc) is 3.15. The van der Waals surface area contributed by atoms with E-state index in [1.54, 1.807) is 18.7 Å². The number of nitrogens with one attached hydrogen (secondary N) is 2. The van der Waals surface area contributed by atoms with Crippen LogP contribution in [0.3, 0.4) is 0 Å². The van der Waals surface area contributed by atoms with Gasteiger partial charge >= 0.3 is 12.4 Å².